The molecule has 1 amide bonds. The molecule has 4 aliphatic heterocycles. The van der Waals surface area contributed by atoms with Crippen LogP contribution in [0.25, 0.3) is 0 Å². The van der Waals surface area contributed by atoms with Crippen molar-refractivity contribution in [2.24, 2.45) is 5.41 Å². The van der Waals surface area contributed by atoms with Crippen LogP contribution < -0.4 is 15.1 Å². The van der Waals surface area contributed by atoms with E-state index in [1.54, 1.807) is 0 Å². The van der Waals surface area contributed by atoms with Gasteiger partial charge in [-0.25, -0.2) is 0 Å². The average Bonchev–Trinajstić information content (AvgIpc) is 3.28. The fourth-order valence-corrected chi connectivity index (χ4v) is 7.68. The van der Waals surface area contributed by atoms with Crippen LogP contribution in [-0.2, 0) is 0 Å². The van der Waals surface area contributed by atoms with E-state index in [4.69, 9.17) is 11.6 Å². The van der Waals surface area contributed by atoms with Crippen molar-refractivity contribution in [3.63, 3.8) is 0 Å². The Balaban J connectivity index is 1.01. The molecular weight excluding hydrogens is 520 g/mol. The van der Waals surface area contributed by atoms with Gasteiger partial charge in [0.05, 0.1) is 10.6 Å². The summed E-state index contributed by atoms with van der Waals surface area (Å²) in [5.41, 5.74) is 3.97. The number of halogens is 1. The molecule has 1 N–H and O–H groups in total. The molecule has 4 heterocycles. The van der Waals surface area contributed by atoms with Crippen LogP contribution in [0.1, 0.15) is 54.9 Å². The summed E-state index contributed by atoms with van der Waals surface area (Å²) in [6, 6.07) is 18.0. The first kappa shape index (κ1) is 27.4. The monoisotopic (exact) mass is 560 g/mol. The van der Waals surface area contributed by atoms with E-state index in [0.29, 0.717) is 34.1 Å². The molecule has 212 valence electrons. The van der Waals surface area contributed by atoms with Crippen LogP contribution in [0.2, 0.25) is 5.02 Å². The minimum Gasteiger partial charge on any atom is -0.371 e. The Morgan fingerprint density at radius 1 is 1.02 bits per heavy atom. The first-order valence-electron chi connectivity index (χ1n) is 14.9. The van der Waals surface area contributed by atoms with Gasteiger partial charge in [-0.15, -0.1) is 0 Å². The highest BCUT2D eigenvalue weighted by Gasteiger charge is 2.44. The number of likely N-dealkylation sites (N-methyl/N-ethyl adjacent to an activating group) is 1. The van der Waals surface area contributed by atoms with Gasteiger partial charge in [0.25, 0.3) is 5.91 Å². The minimum atomic E-state index is 0.169. The second-order valence-corrected chi connectivity index (χ2v) is 12.9. The molecule has 0 aromatic heterocycles. The van der Waals surface area contributed by atoms with Crippen molar-refractivity contribution >= 4 is 28.9 Å². The van der Waals surface area contributed by atoms with E-state index in [1.807, 2.05) is 42.3 Å². The summed E-state index contributed by atoms with van der Waals surface area (Å²) < 4.78 is 0. The number of carbonyl (C=O) groups is 1. The molecule has 4 aliphatic rings. The Morgan fingerprint density at radius 3 is 2.33 bits per heavy atom. The maximum Gasteiger partial charge on any atom is 0.253 e. The number of carbonyl (C=O) groups excluding carboxylic acids is 1. The van der Waals surface area contributed by atoms with Crippen molar-refractivity contribution in [3.8, 4) is 6.07 Å². The summed E-state index contributed by atoms with van der Waals surface area (Å²) in [5.74, 6) is 0.169. The Labute approximate surface area is 243 Å². The lowest BCUT2D eigenvalue weighted by Crippen LogP contribution is -2.62. The quantitative estimate of drug-likeness (QED) is 0.576. The van der Waals surface area contributed by atoms with Gasteiger partial charge in [-0.1, -0.05) is 11.6 Å². The molecule has 0 saturated carbocycles. The zero-order valence-electron chi connectivity index (χ0n) is 23.8. The number of nitriles is 1. The fourth-order valence-electron chi connectivity index (χ4n) is 7.46. The van der Waals surface area contributed by atoms with Crippen molar-refractivity contribution < 1.29 is 4.79 Å². The molecule has 8 heteroatoms. The molecule has 0 radical (unpaired) electrons. The molecule has 4 fully saturated rings. The van der Waals surface area contributed by atoms with Crippen LogP contribution in [0, 0.1) is 16.7 Å². The van der Waals surface area contributed by atoms with Gasteiger partial charge in [0, 0.05) is 80.9 Å². The maximum atomic E-state index is 13.2. The van der Waals surface area contributed by atoms with Crippen LogP contribution in [-0.4, -0.2) is 86.7 Å². The van der Waals surface area contributed by atoms with Crippen LogP contribution in [0.15, 0.2) is 42.5 Å². The van der Waals surface area contributed by atoms with E-state index in [0.717, 1.165) is 82.7 Å². The normalized spacial score (nSPS) is 23.9. The smallest absolute Gasteiger partial charge is 0.253 e. The number of likely N-dealkylation sites (tertiary alicyclic amines) is 2. The van der Waals surface area contributed by atoms with Crippen molar-refractivity contribution in [2.75, 3.05) is 62.7 Å². The third kappa shape index (κ3) is 5.30. The van der Waals surface area contributed by atoms with Gasteiger partial charge < -0.3 is 20.0 Å². The third-order valence-electron chi connectivity index (χ3n) is 10.1. The number of nitrogens with zero attached hydrogens (tertiary/aromatic N) is 5. The minimum absolute atomic E-state index is 0.169. The molecule has 0 aliphatic carbocycles. The average molecular weight is 561 g/mol. The van der Waals surface area contributed by atoms with Crippen LogP contribution >= 0.6 is 11.6 Å². The number of anilines is 2. The Kier molecular flexibility index (Phi) is 7.69. The van der Waals surface area contributed by atoms with Crippen molar-refractivity contribution in [1.82, 2.24) is 15.1 Å². The van der Waals surface area contributed by atoms with E-state index in [9.17, 15) is 10.1 Å². The number of nitrogens with one attached hydrogen (secondary N) is 1. The van der Waals surface area contributed by atoms with E-state index < -0.39 is 0 Å². The maximum absolute atomic E-state index is 13.2. The molecule has 7 nitrogen and oxygen atoms in total. The predicted molar refractivity (Wildman–Crippen MR) is 161 cm³/mol. The van der Waals surface area contributed by atoms with Gasteiger partial charge in [-0.2, -0.15) is 5.26 Å². The van der Waals surface area contributed by atoms with Gasteiger partial charge in [-0.3, -0.25) is 9.69 Å². The lowest BCUT2D eigenvalue weighted by molar-refractivity contribution is 0.0349. The Bertz CT molecular complexity index is 1250. The molecule has 4 saturated heterocycles. The molecule has 40 heavy (non-hydrogen) atoms. The molecular formula is C32H41ClN6O. The first-order valence-corrected chi connectivity index (χ1v) is 15.3. The van der Waals surface area contributed by atoms with Crippen LogP contribution in [0.3, 0.4) is 0 Å². The summed E-state index contributed by atoms with van der Waals surface area (Å²) in [4.78, 5) is 22.8. The standard InChI is InChI=1S/C32H41ClN6O/c1-23-18-32(22-39(23)29-8-5-25(19-34)30(33)17-29)11-15-36(16-12-32)27-6-3-24(4-7-27)31(40)37-13-9-28(10-14-37)38-20-26(21-38)35-2/h3-8,17,23,26,28,35H,9-16,18,20-22H2,1-2H3. The van der Waals surface area contributed by atoms with E-state index >= 15 is 0 Å². The van der Waals surface area contributed by atoms with E-state index in [1.165, 1.54) is 12.1 Å². The van der Waals surface area contributed by atoms with Gasteiger partial charge in [0.15, 0.2) is 0 Å². The van der Waals surface area contributed by atoms with Crippen molar-refractivity contribution in [2.45, 2.75) is 57.2 Å². The summed E-state index contributed by atoms with van der Waals surface area (Å²) in [6.07, 6.45) is 5.63. The highest BCUT2D eigenvalue weighted by Crippen LogP contribution is 2.46. The number of rotatable bonds is 5. The number of hydrogen-bond donors (Lipinski definition) is 1. The molecule has 1 spiro atoms. The topological polar surface area (TPSA) is 65.8 Å². The largest absolute Gasteiger partial charge is 0.371 e. The van der Waals surface area contributed by atoms with E-state index in [2.05, 4.69) is 45.1 Å². The SMILES string of the molecule is CNC1CN(C2CCN(C(=O)c3ccc(N4CCC5(CC4)CC(C)N(c4ccc(C#N)c(Cl)c4)C5)cc3)CC2)C1. The van der Waals surface area contributed by atoms with Gasteiger partial charge in [0.1, 0.15) is 6.07 Å². The number of amides is 1. The molecule has 1 unspecified atom stereocenters. The number of benzene rings is 2. The lowest BCUT2D eigenvalue weighted by Gasteiger charge is -2.47. The molecule has 1 atom stereocenters. The highest BCUT2D eigenvalue weighted by atomic mass is 35.5. The highest BCUT2D eigenvalue weighted by molar-refractivity contribution is 6.32. The summed E-state index contributed by atoms with van der Waals surface area (Å²) in [6.45, 7) is 9.36. The van der Waals surface area contributed by atoms with Crippen molar-refractivity contribution in [1.29, 1.82) is 5.26 Å². The van der Waals surface area contributed by atoms with Gasteiger partial charge in [-0.05, 0) is 94.0 Å². The first-order chi connectivity index (χ1) is 19.4. The van der Waals surface area contributed by atoms with Crippen LogP contribution in [0.4, 0.5) is 11.4 Å². The second-order valence-electron chi connectivity index (χ2n) is 12.5. The predicted octanol–water partition coefficient (Wildman–Crippen LogP) is 4.61. The molecule has 0 bridgehead atoms. The number of piperidine rings is 2. The second kappa shape index (κ2) is 11.2. The summed E-state index contributed by atoms with van der Waals surface area (Å²) in [7, 11) is 2.04. The number of hydrogen-bond acceptors (Lipinski definition) is 6. The Hall–Kier alpha value is -2.79. The zero-order chi connectivity index (χ0) is 27.9. The third-order valence-corrected chi connectivity index (χ3v) is 10.4. The van der Waals surface area contributed by atoms with Gasteiger partial charge in [0.2, 0.25) is 0 Å². The lowest BCUT2D eigenvalue weighted by atomic mass is 9.76. The van der Waals surface area contributed by atoms with E-state index in [-0.39, 0.29) is 5.91 Å². The molecule has 2 aromatic carbocycles. The zero-order valence-corrected chi connectivity index (χ0v) is 24.5. The summed E-state index contributed by atoms with van der Waals surface area (Å²) in [5, 5.41) is 13.1. The molecule has 6 rings (SSSR count). The Morgan fingerprint density at radius 2 is 1.70 bits per heavy atom. The van der Waals surface area contributed by atoms with Crippen LogP contribution in [0.5, 0.6) is 0 Å². The van der Waals surface area contributed by atoms with Gasteiger partial charge >= 0.3 is 0 Å². The van der Waals surface area contributed by atoms with Crippen molar-refractivity contribution in [3.05, 3.63) is 58.6 Å². The summed E-state index contributed by atoms with van der Waals surface area (Å²) >= 11 is 6.35. The molecule has 2 aromatic rings. The fraction of sp³-hybridized carbons (Fsp3) is 0.562.